The molecule has 0 bridgehead atoms. The minimum absolute atomic E-state index is 0.233. The third-order valence-corrected chi connectivity index (χ3v) is 5.45. The monoisotopic (exact) mass is 320 g/mol. The lowest BCUT2D eigenvalue weighted by Crippen LogP contribution is -2.45. The highest BCUT2D eigenvalue weighted by Gasteiger charge is 2.27. The van der Waals surface area contributed by atoms with Gasteiger partial charge in [0.25, 0.3) is 0 Å². The zero-order chi connectivity index (χ0) is 16.2. The Balaban J connectivity index is 1.46. The van der Waals surface area contributed by atoms with Gasteiger partial charge in [-0.05, 0) is 63.7 Å². The van der Waals surface area contributed by atoms with Crippen molar-refractivity contribution < 1.29 is 5.11 Å². The molecule has 0 aromatic carbocycles. The highest BCUT2D eigenvalue weighted by molar-refractivity contribution is 5.00. The van der Waals surface area contributed by atoms with Gasteiger partial charge < -0.3 is 10.0 Å². The second kappa shape index (κ2) is 7.77. The van der Waals surface area contributed by atoms with E-state index in [4.69, 9.17) is 0 Å². The fourth-order valence-electron chi connectivity index (χ4n) is 4.00. The van der Waals surface area contributed by atoms with Gasteiger partial charge in [-0.25, -0.2) is 0 Å². The number of hydrogen-bond donors (Lipinski definition) is 1. The van der Waals surface area contributed by atoms with E-state index in [1.807, 2.05) is 6.20 Å². The van der Waals surface area contributed by atoms with Crippen LogP contribution in [0.2, 0.25) is 0 Å². The quantitative estimate of drug-likeness (QED) is 0.867. The zero-order valence-corrected chi connectivity index (χ0v) is 14.7. The van der Waals surface area contributed by atoms with Crippen molar-refractivity contribution in [1.82, 2.24) is 19.6 Å². The number of nitrogens with zero attached hydrogens (tertiary/aromatic N) is 4. The summed E-state index contributed by atoms with van der Waals surface area (Å²) in [6, 6.07) is 0.519. The van der Waals surface area contributed by atoms with Gasteiger partial charge in [0.15, 0.2) is 0 Å². The molecular formula is C18H32N4O. The molecule has 2 fully saturated rings. The van der Waals surface area contributed by atoms with Crippen molar-refractivity contribution in [3.63, 3.8) is 0 Å². The van der Waals surface area contributed by atoms with Crippen LogP contribution in [0.15, 0.2) is 12.4 Å². The molecular weight excluding hydrogens is 288 g/mol. The van der Waals surface area contributed by atoms with Gasteiger partial charge >= 0.3 is 0 Å². The van der Waals surface area contributed by atoms with Crippen LogP contribution in [0, 0.1) is 12.8 Å². The van der Waals surface area contributed by atoms with E-state index in [-0.39, 0.29) is 6.10 Å². The predicted molar refractivity (Wildman–Crippen MR) is 92.4 cm³/mol. The lowest BCUT2D eigenvalue weighted by molar-refractivity contribution is 0.0553. The van der Waals surface area contributed by atoms with Gasteiger partial charge in [0.05, 0.1) is 18.8 Å². The first kappa shape index (κ1) is 16.9. The Morgan fingerprint density at radius 1 is 1.22 bits per heavy atom. The van der Waals surface area contributed by atoms with Gasteiger partial charge in [-0.2, -0.15) is 5.10 Å². The summed E-state index contributed by atoms with van der Waals surface area (Å²) in [6.07, 6.45) is 8.80. The Morgan fingerprint density at radius 3 is 2.70 bits per heavy atom. The standard InChI is InChI=1S/C18H32N4O/c1-15-5-8-20(9-6-15)13-18(23)14-21-7-3-4-17(21)12-22-11-16(2)10-19-22/h10-11,15,17-18,23H,3-9,12-14H2,1-2H3/t17-,18+/m0/s1. The molecule has 23 heavy (non-hydrogen) atoms. The second-order valence-electron chi connectivity index (χ2n) is 7.67. The molecule has 1 aromatic heterocycles. The maximum Gasteiger partial charge on any atom is 0.0793 e. The first-order valence-corrected chi connectivity index (χ1v) is 9.23. The van der Waals surface area contributed by atoms with Crippen LogP contribution in [0.4, 0.5) is 0 Å². The molecule has 1 N–H and O–H groups in total. The van der Waals surface area contributed by atoms with E-state index in [1.54, 1.807) is 0 Å². The van der Waals surface area contributed by atoms with Crippen LogP contribution in [0.5, 0.6) is 0 Å². The van der Waals surface area contributed by atoms with Gasteiger partial charge in [0.1, 0.15) is 0 Å². The Morgan fingerprint density at radius 2 is 2.00 bits per heavy atom. The van der Waals surface area contributed by atoms with E-state index >= 15 is 0 Å². The van der Waals surface area contributed by atoms with Crippen molar-refractivity contribution in [3.05, 3.63) is 18.0 Å². The number of piperidine rings is 1. The molecule has 0 aliphatic carbocycles. The lowest BCUT2D eigenvalue weighted by atomic mass is 9.99. The molecule has 2 saturated heterocycles. The molecule has 0 radical (unpaired) electrons. The van der Waals surface area contributed by atoms with Crippen LogP contribution in [-0.4, -0.2) is 69.6 Å². The maximum atomic E-state index is 10.5. The molecule has 3 heterocycles. The molecule has 2 atom stereocenters. The number of aliphatic hydroxyl groups is 1. The number of hydrogen-bond acceptors (Lipinski definition) is 4. The van der Waals surface area contributed by atoms with Crippen molar-refractivity contribution in [3.8, 4) is 0 Å². The molecule has 1 aromatic rings. The van der Waals surface area contributed by atoms with Gasteiger partial charge in [0, 0.05) is 25.3 Å². The number of β-amino-alcohol motifs (C(OH)–C–C–N with tert-alkyl or cyclic N) is 1. The van der Waals surface area contributed by atoms with Crippen molar-refractivity contribution in [2.45, 2.75) is 58.2 Å². The molecule has 5 heteroatoms. The highest BCUT2D eigenvalue weighted by Crippen LogP contribution is 2.20. The van der Waals surface area contributed by atoms with Crippen LogP contribution >= 0.6 is 0 Å². The molecule has 130 valence electrons. The summed E-state index contributed by atoms with van der Waals surface area (Å²) in [6.45, 7) is 10.4. The van der Waals surface area contributed by atoms with Crippen molar-refractivity contribution >= 4 is 0 Å². The van der Waals surface area contributed by atoms with E-state index in [0.29, 0.717) is 6.04 Å². The van der Waals surface area contributed by atoms with E-state index in [9.17, 15) is 5.11 Å². The summed E-state index contributed by atoms with van der Waals surface area (Å²) in [5.74, 6) is 0.851. The summed E-state index contributed by atoms with van der Waals surface area (Å²) in [4.78, 5) is 4.90. The van der Waals surface area contributed by atoms with E-state index in [2.05, 4.69) is 39.6 Å². The molecule has 0 saturated carbocycles. The summed E-state index contributed by atoms with van der Waals surface area (Å²) in [5, 5.41) is 14.9. The van der Waals surface area contributed by atoms with Gasteiger partial charge in [-0.15, -0.1) is 0 Å². The Bertz CT molecular complexity index is 481. The van der Waals surface area contributed by atoms with Crippen LogP contribution in [0.1, 0.15) is 38.2 Å². The largest absolute Gasteiger partial charge is 0.390 e. The molecule has 5 nitrogen and oxygen atoms in total. The van der Waals surface area contributed by atoms with Gasteiger partial charge in [-0.1, -0.05) is 6.92 Å². The fraction of sp³-hybridized carbons (Fsp3) is 0.833. The summed E-state index contributed by atoms with van der Waals surface area (Å²) >= 11 is 0. The zero-order valence-electron chi connectivity index (χ0n) is 14.7. The minimum atomic E-state index is -0.233. The number of aryl methyl sites for hydroxylation is 1. The fourth-order valence-corrected chi connectivity index (χ4v) is 4.00. The smallest absolute Gasteiger partial charge is 0.0793 e. The van der Waals surface area contributed by atoms with Crippen LogP contribution in [0.3, 0.4) is 0 Å². The van der Waals surface area contributed by atoms with Crippen LogP contribution in [0.25, 0.3) is 0 Å². The van der Waals surface area contributed by atoms with Crippen molar-refractivity contribution in [2.24, 2.45) is 5.92 Å². The van der Waals surface area contributed by atoms with E-state index in [0.717, 1.165) is 45.2 Å². The topological polar surface area (TPSA) is 44.5 Å². The van der Waals surface area contributed by atoms with Gasteiger partial charge in [-0.3, -0.25) is 9.58 Å². The second-order valence-corrected chi connectivity index (χ2v) is 7.67. The molecule has 3 rings (SSSR count). The third-order valence-electron chi connectivity index (χ3n) is 5.45. The van der Waals surface area contributed by atoms with Crippen LogP contribution < -0.4 is 0 Å². The molecule has 0 amide bonds. The average molecular weight is 320 g/mol. The normalized spacial score (nSPS) is 26.0. The Kier molecular flexibility index (Phi) is 5.72. The molecule has 2 aliphatic heterocycles. The lowest BCUT2D eigenvalue weighted by Gasteiger charge is -2.33. The summed E-state index contributed by atoms with van der Waals surface area (Å²) in [5.41, 5.74) is 1.22. The highest BCUT2D eigenvalue weighted by atomic mass is 16.3. The average Bonchev–Trinajstić information content (AvgIpc) is 3.11. The first-order chi connectivity index (χ1) is 11.1. The molecule has 0 unspecified atom stereocenters. The number of aliphatic hydroxyl groups excluding tert-OH is 1. The van der Waals surface area contributed by atoms with E-state index in [1.165, 1.54) is 31.2 Å². The van der Waals surface area contributed by atoms with Crippen molar-refractivity contribution in [1.29, 1.82) is 0 Å². The predicted octanol–water partition coefficient (Wildman–Crippen LogP) is 1.75. The minimum Gasteiger partial charge on any atom is -0.390 e. The van der Waals surface area contributed by atoms with Crippen molar-refractivity contribution in [2.75, 3.05) is 32.7 Å². The molecule has 2 aliphatic rings. The Labute approximate surface area is 140 Å². The summed E-state index contributed by atoms with van der Waals surface area (Å²) < 4.78 is 2.05. The molecule has 0 spiro atoms. The van der Waals surface area contributed by atoms with Crippen LogP contribution in [-0.2, 0) is 6.54 Å². The SMILES string of the molecule is Cc1cnn(C[C@@H]2CCCN2C[C@H](O)CN2CCC(C)CC2)c1. The Hall–Kier alpha value is -0.910. The number of aromatic nitrogens is 2. The first-order valence-electron chi connectivity index (χ1n) is 9.23. The summed E-state index contributed by atoms with van der Waals surface area (Å²) in [7, 11) is 0. The maximum absolute atomic E-state index is 10.5. The number of rotatable bonds is 6. The third kappa shape index (κ3) is 4.78. The van der Waals surface area contributed by atoms with Gasteiger partial charge in [0.2, 0.25) is 0 Å². The number of likely N-dealkylation sites (tertiary alicyclic amines) is 2. The van der Waals surface area contributed by atoms with E-state index < -0.39 is 0 Å².